The lowest BCUT2D eigenvalue weighted by Gasteiger charge is -2.41. The largest absolute Gasteiger partial charge is 0.390 e. The summed E-state index contributed by atoms with van der Waals surface area (Å²) in [6.07, 6.45) is -2.47. The number of alkyl halides is 3. The first kappa shape index (κ1) is 16.8. The van der Waals surface area contributed by atoms with Gasteiger partial charge in [-0.15, -0.1) is 0 Å². The Kier molecular flexibility index (Phi) is 6.12. The van der Waals surface area contributed by atoms with E-state index in [1.165, 1.54) is 6.42 Å². The minimum Gasteiger partial charge on any atom is -0.317 e. The monoisotopic (exact) mass is 280 g/mol. The highest BCUT2D eigenvalue weighted by atomic mass is 19.4. The van der Waals surface area contributed by atoms with E-state index in [1.807, 2.05) is 11.9 Å². The van der Waals surface area contributed by atoms with Crippen LogP contribution in [-0.4, -0.2) is 44.3 Å². The van der Waals surface area contributed by atoms with Crippen molar-refractivity contribution >= 4 is 0 Å². The second-order valence-corrected chi connectivity index (χ2v) is 6.24. The molecule has 1 aliphatic rings. The molecule has 4 unspecified atom stereocenters. The molecule has 114 valence electrons. The highest BCUT2D eigenvalue weighted by molar-refractivity contribution is 4.88. The third-order valence-corrected chi connectivity index (χ3v) is 4.35. The standard InChI is InChI=1S/C14H27F3N2/c1-10-7-11(2)12(13(8-10)18-3)9-19(4)6-5-14(15,16)17/h10-13,18H,5-9H2,1-4H3. The molecule has 0 radical (unpaired) electrons. The fourth-order valence-electron chi connectivity index (χ4n) is 3.32. The Morgan fingerprint density at radius 3 is 2.37 bits per heavy atom. The summed E-state index contributed by atoms with van der Waals surface area (Å²) in [5.74, 6) is 1.71. The van der Waals surface area contributed by atoms with Gasteiger partial charge in [0.1, 0.15) is 0 Å². The van der Waals surface area contributed by atoms with E-state index in [4.69, 9.17) is 0 Å². The second kappa shape index (κ2) is 6.93. The first-order valence-corrected chi connectivity index (χ1v) is 7.15. The van der Waals surface area contributed by atoms with Crippen molar-refractivity contribution in [2.75, 3.05) is 27.2 Å². The fraction of sp³-hybridized carbons (Fsp3) is 1.00. The van der Waals surface area contributed by atoms with Gasteiger partial charge in [0, 0.05) is 19.1 Å². The van der Waals surface area contributed by atoms with E-state index in [2.05, 4.69) is 19.2 Å². The van der Waals surface area contributed by atoms with Gasteiger partial charge in [0.15, 0.2) is 0 Å². The van der Waals surface area contributed by atoms with Gasteiger partial charge < -0.3 is 10.2 Å². The van der Waals surface area contributed by atoms with Gasteiger partial charge >= 0.3 is 6.18 Å². The Labute approximate surface area is 114 Å². The van der Waals surface area contributed by atoms with Crippen molar-refractivity contribution in [2.45, 2.75) is 45.3 Å². The van der Waals surface area contributed by atoms with Gasteiger partial charge in [-0.25, -0.2) is 0 Å². The lowest BCUT2D eigenvalue weighted by Crippen LogP contribution is -2.47. The molecule has 0 spiro atoms. The van der Waals surface area contributed by atoms with Crippen LogP contribution >= 0.6 is 0 Å². The van der Waals surface area contributed by atoms with Crippen LogP contribution in [0.15, 0.2) is 0 Å². The molecule has 1 saturated carbocycles. The van der Waals surface area contributed by atoms with E-state index in [9.17, 15) is 13.2 Å². The second-order valence-electron chi connectivity index (χ2n) is 6.24. The van der Waals surface area contributed by atoms with Crippen molar-refractivity contribution in [3.05, 3.63) is 0 Å². The van der Waals surface area contributed by atoms with Crippen molar-refractivity contribution in [1.29, 1.82) is 0 Å². The first-order valence-electron chi connectivity index (χ1n) is 7.15. The lowest BCUT2D eigenvalue weighted by molar-refractivity contribution is -0.137. The molecule has 0 saturated heterocycles. The van der Waals surface area contributed by atoms with Crippen LogP contribution in [0.5, 0.6) is 0 Å². The van der Waals surface area contributed by atoms with Gasteiger partial charge in [-0.3, -0.25) is 0 Å². The summed E-state index contributed by atoms with van der Waals surface area (Å²) in [7, 11) is 3.75. The van der Waals surface area contributed by atoms with Gasteiger partial charge in [-0.05, 0) is 44.7 Å². The minimum atomic E-state index is -4.05. The minimum absolute atomic E-state index is 0.0959. The van der Waals surface area contributed by atoms with E-state index in [-0.39, 0.29) is 6.54 Å². The number of hydrogen-bond acceptors (Lipinski definition) is 2. The predicted molar refractivity (Wildman–Crippen MR) is 72.1 cm³/mol. The molecule has 4 atom stereocenters. The summed E-state index contributed by atoms with van der Waals surface area (Å²) < 4.78 is 36.7. The number of hydrogen-bond donors (Lipinski definition) is 1. The molecule has 0 aromatic rings. The van der Waals surface area contributed by atoms with Crippen molar-refractivity contribution in [3.8, 4) is 0 Å². The van der Waals surface area contributed by atoms with Crippen LogP contribution in [0.3, 0.4) is 0 Å². The molecule has 0 heterocycles. The Balaban J connectivity index is 2.48. The molecule has 19 heavy (non-hydrogen) atoms. The molecule has 5 heteroatoms. The predicted octanol–water partition coefficient (Wildman–Crippen LogP) is 3.14. The number of rotatable bonds is 5. The van der Waals surface area contributed by atoms with E-state index in [0.717, 1.165) is 13.0 Å². The van der Waals surface area contributed by atoms with Crippen LogP contribution in [-0.2, 0) is 0 Å². The maximum absolute atomic E-state index is 12.2. The van der Waals surface area contributed by atoms with E-state index in [0.29, 0.717) is 23.8 Å². The van der Waals surface area contributed by atoms with Crippen LogP contribution in [0.1, 0.15) is 33.1 Å². The molecule has 2 nitrogen and oxygen atoms in total. The zero-order valence-corrected chi connectivity index (χ0v) is 12.4. The molecule has 0 aromatic heterocycles. The van der Waals surface area contributed by atoms with Gasteiger partial charge in [0.2, 0.25) is 0 Å². The van der Waals surface area contributed by atoms with Crippen LogP contribution in [0.2, 0.25) is 0 Å². The van der Waals surface area contributed by atoms with Crippen LogP contribution in [0, 0.1) is 17.8 Å². The summed E-state index contributed by atoms with van der Waals surface area (Å²) in [5, 5.41) is 3.34. The molecule has 1 rings (SSSR count). The molecule has 0 aliphatic heterocycles. The molecule has 0 bridgehead atoms. The number of halogens is 3. The smallest absolute Gasteiger partial charge is 0.317 e. The fourth-order valence-corrected chi connectivity index (χ4v) is 3.32. The summed E-state index contributed by atoms with van der Waals surface area (Å²) in [5.41, 5.74) is 0. The maximum Gasteiger partial charge on any atom is 0.390 e. The topological polar surface area (TPSA) is 15.3 Å². The maximum atomic E-state index is 12.2. The zero-order valence-electron chi connectivity index (χ0n) is 12.4. The van der Waals surface area contributed by atoms with E-state index in [1.54, 1.807) is 7.05 Å². The van der Waals surface area contributed by atoms with Gasteiger partial charge in [0.25, 0.3) is 0 Å². The Morgan fingerprint density at radius 1 is 1.21 bits per heavy atom. The van der Waals surface area contributed by atoms with Gasteiger partial charge in [-0.2, -0.15) is 13.2 Å². The molecule has 1 aliphatic carbocycles. The summed E-state index contributed by atoms with van der Waals surface area (Å²) in [6, 6.07) is 0.423. The Hall–Kier alpha value is -0.290. The average Bonchev–Trinajstić information content (AvgIpc) is 2.28. The number of nitrogens with one attached hydrogen (secondary N) is 1. The highest BCUT2D eigenvalue weighted by Crippen LogP contribution is 2.34. The third kappa shape index (κ3) is 5.69. The third-order valence-electron chi connectivity index (χ3n) is 4.35. The van der Waals surface area contributed by atoms with Crippen LogP contribution in [0.4, 0.5) is 13.2 Å². The van der Waals surface area contributed by atoms with Crippen LogP contribution in [0.25, 0.3) is 0 Å². The summed E-state index contributed by atoms with van der Waals surface area (Å²) in [4.78, 5) is 1.83. The van der Waals surface area contributed by atoms with Crippen molar-refractivity contribution in [1.82, 2.24) is 10.2 Å². The van der Waals surface area contributed by atoms with Crippen molar-refractivity contribution in [2.24, 2.45) is 17.8 Å². The normalized spacial score (nSPS) is 32.8. The van der Waals surface area contributed by atoms with Crippen LogP contribution < -0.4 is 5.32 Å². The van der Waals surface area contributed by atoms with E-state index >= 15 is 0 Å². The Morgan fingerprint density at radius 2 is 1.84 bits per heavy atom. The van der Waals surface area contributed by atoms with E-state index < -0.39 is 12.6 Å². The highest BCUT2D eigenvalue weighted by Gasteiger charge is 2.34. The molecule has 1 N–H and O–H groups in total. The Bertz CT molecular complexity index is 268. The molecule has 1 fully saturated rings. The molecular weight excluding hydrogens is 253 g/mol. The lowest BCUT2D eigenvalue weighted by atomic mass is 9.72. The number of nitrogens with zero attached hydrogens (tertiary/aromatic N) is 1. The summed E-state index contributed by atoms with van der Waals surface area (Å²) in [6.45, 7) is 5.32. The molecule has 0 amide bonds. The average molecular weight is 280 g/mol. The molecular formula is C14H27F3N2. The quantitative estimate of drug-likeness (QED) is 0.832. The van der Waals surface area contributed by atoms with Gasteiger partial charge in [-0.1, -0.05) is 13.8 Å². The van der Waals surface area contributed by atoms with Gasteiger partial charge in [0.05, 0.1) is 6.42 Å². The zero-order chi connectivity index (χ0) is 14.6. The first-order chi connectivity index (χ1) is 8.73. The molecule has 0 aromatic carbocycles. The van der Waals surface area contributed by atoms with Crippen molar-refractivity contribution in [3.63, 3.8) is 0 Å². The van der Waals surface area contributed by atoms with Crippen molar-refractivity contribution < 1.29 is 13.2 Å². The SMILES string of the molecule is CNC1CC(C)CC(C)C1CN(C)CCC(F)(F)F. The summed E-state index contributed by atoms with van der Waals surface area (Å²) >= 11 is 0.